The number of hydrogen-bond donors (Lipinski definition) is 0. The summed E-state index contributed by atoms with van der Waals surface area (Å²) in [6, 6.07) is 66.6. The van der Waals surface area contributed by atoms with E-state index in [9.17, 15) is 0 Å². The molecule has 0 bridgehead atoms. The molecule has 0 atom stereocenters. The average molecular weight is 757 g/mol. The summed E-state index contributed by atoms with van der Waals surface area (Å²) in [7, 11) is 0. The second kappa shape index (κ2) is 13.2. The highest BCUT2D eigenvalue weighted by molar-refractivity contribution is 6.15. The molecule has 0 saturated heterocycles. The van der Waals surface area contributed by atoms with E-state index in [1.807, 2.05) is 60.7 Å². The molecule has 0 unspecified atom stereocenters. The second-order valence-electron chi connectivity index (χ2n) is 14.7. The maximum absolute atomic E-state index is 6.82. The predicted octanol–water partition coefficient (Wildman–Crippen LogP) is 12.9. The van der Waals surface area contributed by atoms with Gasteiger partial charge in [-0.3, -0.25) is 4.57 Å². The van der Waals surface area contributed by atoms with Crippen molar-refractivity contribution in [2.75, 3.05) is 0 Å². The van der Waals surface area contributed by atoms with Crippen molar-refractivity contribution in [1.29, 1.82) is 0 Å². The van der Waals surface area contributed by atoms with Gasteiger partial charge in [-0.05, 0) is 60.7 Å². The fourth-order valence-electron chi connectivity index (χ4n) is 8.56. The summed E-state index contributed by atoms with van der Waals surface area (Å²) in [5, 5.41) is 4.24. The van der Waals surface area contributed by atoms with E-state index >= 15 is 0 Å². The van der Waals surface area contributed by atoms with Crippen LogP contribution in [0.5, 0.6) is 0 Å². The number of rotatable bonds is 6. The third-order valence-corrected chi connectivity index (χ3v) is 11.2. The van der Waals surface area contributed by atoms with E-state index in [0.29, 0.717) is 17.5 Å². The number of benzene rings is 8. The van der Waals surface area contributed by atoms with Crippen LogP contribution in [0.2, 0.25) is 0 Å². The summed E-state index contributed by atoms with van der Waals surface area (Å²) in [6.45, 7) is 0. The van der Waals surface area contributed by atoms with Crippen LogP contribution >= 0.6 is 0 Å². The molecule has 59 heavy (non-hydrogen) atoms. The van der Waals surface area contributed by atoms with Gasteiger partial charge in [0.05, 0.1) is 27.6 Å². The quantitative estimate of drug-likeness (QED) is 0.169. The summed E-state index contributed by atoms with van der Waals surface area (Å²) in [5.74, 6) is 2.55. The molecule has 7 nitrogen and oxygen atoms in total. The molecule has 0 aliphatic rings. The van der Waals surface area contributed by atoms with E-state index in [1.165, 1.54) is 5.39 Å². The van der Waals surface area contributed by atoms with Crippen LogP contribution in [0.25, 0.3) is 112 Å². The molecule has 0 fully saturated rings. The minimum Gasteiger partial charge on any atom is -0.455 e. The first-order chi connectivity index (χ1) is 29.3. The first-order valence-corrected chi connectivity index (χ1v) is 19.7. The molecule has 276 valence electrons. The van der Waals surface area contributed by atoms with Crippen LogP contribution in [0.15, 0.2) is 199 Å². The molecule has 0 aliphatic heterocycles. The van der Waals surface area contributed by atoms with Gasteiger partial charge >= 0.3 is 0 Å². The first-order valence-electron chi connectivity index (χ1n) is 19.7. The zero-order valence-corrected chi connectivity index (χ0v) is 31.6. The molecule has 0 N–H and O–H groups in total. The van der Waals surface area contributed by atoms with Gasteiger partial charge in [-0.2, -0.15) is 0 Å². The molecule has 8 aromatic carbocycles. The van der Waals surface area contributed by atoms with Gasteiger partial charge in [-0.25, -0.2) is 19.9 Å². The zero-order valence-electron chi connectivity index (χ0n) is 31.6. The van der Waals surface area contributed by atoms with Gasteiger partial charge in [0.25, 0.3) is 0 Å². The van der Waals surface area contributed by atoms with Crippen molar-refractivity contribution in [3.05, 3.63) is 194 Å². The van der Waals surface area contributed by atoms with E-state index < -0.39 is 0 Å². The Morgan fingerprint density at radius 2 is 0.966 bits per heavy atom. The smallest absolute Gasteiger partial charge is 0.164 e. The van der Waals surface area contributed by atoms with Crippen molar-refractivity contribution in [3.8, 4) is 56.9 Å². The number of aromatic nitrogens is 6. The van der Waals surface area contributed by atoms with Gasteiger partial charge in [-0.15, -0.1) is 0 Å². The molecule has 0 radical (unpaired) electrons. The van der Waals surface area contributed by atoms with Crippen molar-refractivity contribution in [1.82, 2.24) is 29.1 Å². The standard InChI is InChI=1S/C52H32N6O/c1-4-16-33(17-5-1)49-54-50(34-30-31-38-37-22-10-12-27-43(37)57(45(38)32-34)35-18-6-2-7-19-35)56-51(55-49)40-24-15-29-46-47(40)39-23-14-25-41(48(39)59-46)52-53-42-26-11-13-28-44(42)58(52)36-20-8-3-9-21-36/h1-32H. The Labute approximate surface area is 338 Å². The van der Waals surface area contributed by atoms with Gasteiger partial charge in [0.1, 0.15) is 17.0 Å². The largest absolute Gasteiger partial charge is 0.455 e. The van der Waals surface area contributed by atoms with Crippen LogP contribution in [-0.4, -0.2) is 29.1 Å². The van der Waals surface area contributed by atoms with E-state index in [-0.39, 0.29) is 0 Å². The van der Waals surface area contributed by atoms with E-state index in [2.05, 4.69) is 143 Å². The Kier molecular flexibility index (Phi) is 7.40. The molecule has 4 aromatic heterocycles. The first kappa shape index (κ1) is 33.0. The third kappa shape index (κ3) is 5.29. The lowest BCUT2D eigenvalue weighted by atomic mass is 10.0. The Balaban J connectivity index is 1.08. The monoisotopic (exact) mass is 756 g/mol. The molecule has 0 saturated carbocycles. The lowest BCUT2D eigenvalue weighted by Gasteiger charge is -2.11. The predicted molar refractivity (Wildman–Crippen MR) is 238 cm³/mol. The van der Waals surface area contributed by atoms with Crippen LogP contribution in [0.1, 0.15) is 0 Å². The van der Waals surface area contributed by atoms with Crippen molar-refractivity contribution in [2.24, 2.45) is 0 Å². The summed E-state index contributed by atoms with van der Waals surface area (Å²) in [4.78, 5) is 20.8. The minimum atomic E-state index is 0.563. The van der Waals surface area contributed by atoms with Gasteiger partial charge in [0, 0.05) is 49.6 Å². The summed E-state index contributed by atoms with van der Waals surface area (Å²) in [5.41, 5.74) is 11.3. The molecule has 0 amide bonds. The Bertz CT molecular complexity index is 3550. The highest BCUT2D eigenvalue weighted by Crippen LogP contribution is 2.42. The van der Waals surface area contributed by atoms with Gasteiger partial charge in [0.15, 0.2) is 17.5 Å². The van der Waals surface area contributed by atoms with E-state index in [1.54, 1.807) is 0 Å². The zero-order chi connectivity index (χ0) is 38.9. The highest BCUT2D eigenvalue weighted by atomic mass is 16.3. The van der Waals surface area contributed by atoms with Crippen LogP contribution in [0.4, 0.5) is 0 Å². The van der Waals surface area contributed by atoms with Gasteiger partial charge in [0.2, 0.25) is 0 Å². The van der Waals surface area contributed by atoms with Crippen LogP contribution in [-0.2, 0) is 0 Å². The number of para-hydroxylation sites is 6. The summed E-state index contributed by atoms with van der Waals surface area (Å²) in [6.07, 6.45) is 0. The minimum absolute atomic E-state index is 0.563. The van der Waals surface area contributed by atoms with Crippen LogP contribution in [0.3, 0.4) is 0 Å². The SMILES string of the molecule is c1ccc(-c2nc(-c3ccc4c5ccccc5n(-c5ccccc5)c4c3)nc(-c3cccc4oc5c(-c6nc7ccccc7n6-c6ccccc6)cccc5c34)n2)cc1. The van der Waals surface area contributed by atoms with Crippen molar-refractivity contribution in [2.45, 2.75) is 0 Å². The molecule has 0 spiro atoms. The average Bonchev–Trinajstić information content (AvgIpc) is 3.99. The molecule has 7 heteroatoms. The van der Waals surface area contributed by atoms with Gasteiger partial charge in [-0.1, -0.05) is 133 Å². The normalized spacial score (nSPS) is 11.7. The van der Waals surface area contributed by atoms with Crippen LogP contribution < -0.4 is 0 Å². The lowest BCUT2D eigenvalue weighted by molar-refractivity contribution is 0.669. The molecule has 0 aliphatic carbocycles. The number of furan rings is 1. The molecule has 12 aromatic rings. The maximum Gasteiger partial charge on any atom is 0.164 e. The third-order valence-electron chi connectivity index (χ3n) is 11.2. The topological polar surface area (TPSA) is 74.6 Å². The number of fused-ring (bicyclic) bond motifs is 7. The number of imidazole rings is 1. The molecule has 12 rings (SSSR count). The maximum atomic E-state index is 6.82. The summed E-state index contributed by atoms with van der Waals surface area (Å²) < 4.78 is 11.3. The van der Waals surface area contributed by atoms with Crippen molar-refractivity contribution < 1.29 is 4.42 Å². The second-order valence-corrected chi connectivity index (χ2v) is 14.7. The number of nitrogens with zero attached hydrogens (tertiary/aromatic N) is 6. The van der Waals surface area contributed by atoms with Crippen molar-refractivity contribution in [3.63, 3.8) is 0 Å². The fourth-order valence-corrected chi connectivity index (χ4v) is 8.56. The van der Waals surface area contributed by atoms with Crippen molar-refractivity contribution >= 4 is 54.8 Å². The lowest BCUT2D eigenvalue weighted by Crippen LogP contribution is -2.01. The highest BCUT2D eigenvalue weighted by Gasteiger charge is 2.23. The molecular weight excluding hydrogens is 725 g/mol. The van der Waals surface area contributed by atoms with E-state index in [0.717, 1.165) is 88.8 Å². The Morgan fingerprint density at radius 3 is 1.76 bits per heavy atom. The van der Waals surface area contributed by atoms with Gasteiger partial charge < -0.3 is 8.98 Å². The Morgan fingerprint density at radius 1 is 0.373 bits per heavy atom. The molecular formula is C52H32N6O. The van der Waals surface area contributed by atoms with E-state index in [4.69, 9.17) is 24.4 Å². The number of hydrogen-bond acceptors (Lipinski definition) is 5. The molecule has 4 heterocycles. The summed E-state index contributed by atoms with van der Waals surface area (Å²) >= 11 is 0. The fraction of sp³-hybridized carbons (Fsp3) is 0. The van der Waals surface area contributed by atoms with Crippen LogP contribution in [0, 0.1) is 0 Å². The Hall–Kier alpha value is -8.16.